The van der Waals surface area contributed by atoms with E-state index >= 15 is 0 Å². The lowest BCUT2D eigenvalue weighted by molar-refractivity contribution is -0.141. The number of amides is 2. The lowest BCUT2D eigenvalue weighted by Crippen LogP contribution is -2.51. The number of carbonyl (C=O) groups is 2. The summed E-state index contributed by atoms with van der Waals surface area (Å²) in [5, 5.41) is 3.08. The average Bonchev–Trinajstić information content (AvgIpc) is 3.51. The number of likely N-dealkylation sites (tertiary alicyclic amines) is 1. The first-order chi connectivity index (χ1) is 14.9. The summed E-state index contributed by atoms with van der Waals surface area (Å²) in [6.45, 7) is 8.23. The molecule has 0 bridgehead atoms. The highest BCUT2D eigenvalue weighted by Crippen LogP contribution is 2.42. The number of carbonyl (C=O) groups excluding carboxylic acids is 2. The number of piperidine rings is 1. The smallest absolute Gasteiger partial charge is 0.226 e. The van der Waals surface area contributed by atoms with E-state index in [0.29, 0.717) is 37.9 Å². The van der Waals surface area contributed by atoms with E-state index in [2.05, 4.69) is 67.7 Å². The Labute approximate surface area is 186 Å². The molecule has 4 nitrogen and oxygen atoms in total. The average molecular weight is 419 g/mol. The number of nitrogens with one attached hydrogen (secondary N) is 1. The first-order valence-corrected chi connectivity index (χ1v) is 11.7. The van der Waals surface area contributed by atoms with E-state index in [4.69, 9.17) is 0 Å². The van der Waals surface area contributed by atoms with Gasteiger partial charge in [-0.1, -0.05) is 55.5 Å². The summed E-state index contributed by atoms with van der Waals surface area (Å²) in [4.78, 5) is 27.9. The molecule has 31 heavy (non-hydrogen) atoms. The number of aryl methyl sites for hydroxylation is 1. The largest absolute Gasteiger partial charge is 0.356 e. The van der Waals surface area contributed by atoms with Gasteiger partial charge in [-0.2, -0.15) is 0 Å². The summed E-state index contributed by atoms with van der Waals surface area (Å²) in [6.07, 6.45) is 3.17. The van der Waals surface area contributed by atoms with Crippen LogP contribution in [0.3, 0.4) is 0 Å². The van der Waals surface area contributed by atoms with Crippen LogP contribution in [0.2, 0.25) is 0 Å². The minimum absolute atomic E-state index is 0.128. The molecule has 1 saturated heterocycles. The second kappa shape index (κ2) is 8.86. The normalized spacial score (nSPS) is 22.1. The molecule has 2 aromatic rings. The fourth-order valence-electron chi connectivity index (χ4n) is 5.02. The zero-order chi connectivity index (χ0) is 22.0. The SMILES string of the molecule is CCNC(=O)C1(Cc2cccc(-c3ccccc3C)c2)CCN(C(=O)[C@@H]2C[C@@H]2C)CC1. The van der Waals surface area contributed by atoms with Crippen molar-refractivity contribution in [3.05, 3.63) is 59.7 Å². The first-order valence-electron chi connectivity index (χ1n) is 11.7. The Morgan fingerprint density at radius 3 is 2.45 bits per heavy atom. The molecule has 4 rings (SSSR count). The third kappa shape index (κ3) is 4.53. The van der Waals surface area contributed by atoms with Crippen molar-refractivity contribution < 1.29 is 9.59 Å². The quantitative estimate of drug-likeness (QED) is 0.745. The Morgan fingerprint density at radius 2 is 1.81 bits per heavy atom. The van der Waals surface area contributed by atoms with Crippen molar-refractivity contribution in [1.82, 2.24) is 10.2 Å². The van der Waals surface area contributed by atoms with Crippen LogP contribution in [0, 0.1) is 24.2 Å². The first kappa shape index (κ1) is 21.6. The van der Waals surface area contributed by atoms with Gasteiger partial charge < -0.3 is 10.2 Å². The molecule has 1 heterocycles. The van der Waals surface area contributed by atoms with Gasteiger partial charge in [0.1, 0.15) is 0 Å². The van der Waals surface area contributed by atoms with E-state index in [1.165, 1.54) is 22.3 Å². The van der Waals surface area contributed by atoms with Crippen molar-refractivity contribution in [3.8, 4) is 11.1 Å². The summed E-state index contributed by atoms with van der Waals surface area (Å²) >= 11 is 0. The van der Waals surface area contributed by atoms with Crippen LogP contribution in [-0.4, -0.2) is 36.3 Å². The molecule has 2 atom stereocenters. The van der Waals surface area contributed by atoms with Gasteiger partial charge in [-0.25, -0.2) is 0 Å². The van der Waals surface area contributed by atoms with Gasteiger partial charge >= 0.3 is 0 Å². The molecular weight excluding hydrogens is 384 g/mol. The predicted octanol–water partition coefficient (Wildman–Crippen LogP) is 4.61. The van der Waals surface area contributed by atoms with Gasteiger partial charge in [-0.3, -0.25) is 9.59 Å². The van der Waals surface area contributed by atoms with Crippen LogP contribution < -0.4 is 5.32 Å². The third-order valence-electron chi connectivity index (χ3n) is 7.20. The standard InChI is InChI=1S/C27H34N2O2/c1-4-28-26(31)27(12-14-29(15-13-27)25(30)24-16-20(24)3)18-21-9-7-10-22(17-21)23-11-6-5-8-19(23)2/h5-11,17,20,24H,4,12-16,18H2,1-3H3,(H,28,31)/t20-,24+/m0/s1. The molecule has 0 unspecified atom stereocenters. The summed E-state index contributed by atoms with van der Waals surface area (Å²) in [6, 6.07) is 17.0. The Hall–Kier alpha value is -2.62. The highest BCUT2D eigenvalue weighted by Gasteiger charge is 2.46. The Morgan fingerprint density at radius 1 is 1.10 bits per heavy atom. The van der Waals surface area contributed by atoms with E-state index in [9.17, 15) is 9.59 Å². The second-order valence-corrected chi connectivity index (χ2v) is 9.48. The van der Waals surface area contributed by atoms with Crippen molar-refractivity contribution in [2.24, 2.45) is 17.3 Å². The maximum atomic E-state index is 13.2. The maximum Gasteiger partial charge on any atom is 0.226 e. The molecule has 1 saturated carbocycles. The predicted molar refractivity (Wildman–Crippen MR) is 125 cm³/mol. The van der Waals surface area contributed by atoms with Crippen LogP contribution in [-0.2, 0) is 16.0 Å². The Bertz CT molecular complexity index is 959. The van der Waals surface area contributed by atoms with Crippen LogP contribution in [0.15, 0.2) is 48.5 Å². The topological polar surface area (TPSA) is 49.4 Å². The number of hydrogen-bond donors (Lipinski definition) is 1. The van der Waals surface area contributed by atoms with Crippen LogP contribution in [0.5, 0.6) is 0 Å². The third-order valence-corrected chi connectivity index (χ3v) is 7.20. The van der Waals surface area contributed by atoms with Gasteiger partial charge in [0.2, 0.25) is 11.8 Å². The molecular formula is C27H34N2O2. The van der Waals surface area contributed by atoms with Gasteiger partial charge in [-0.05, 0) is 67.7 Å². The molecule has 1 N–H and O–H groups in total. The fourth-order valence-corrected chi connectivity index (χ4v) is 5.02. The van der Waals surface area contributed by atoms with Crippen LogP contribution >= 0.6 is 0 Å². The van der Waals surface area contributed by atoms with Crippen molar-refractivity contribution in [2.45, 2.75) is 46.5 Å². The zero-order valence-electron chi connectivity index (χ0n) is 19.0. The monoisotopic (exact) mass is 418 g/mol. The zero-order valence-corrected chi connectivity index (χ0v) is 19.0. The number of nitrogens with zero attached hydrogens (tertiary/aromatic N) is 1. The van der Waals surface area contributed by atoms with E-state index in [1.807, 2.05) is 11.8 Å². The molecule has 4 heteroatoms. The van der Waals surface area contributed by atoms with E-state index in [1.54, 1.807) is 0 Å². The molecule has 1 aliphatic heterocycles. The molecule has 0 aromatic heterocycles. The van der Waals surface area contributed by atoms with Gasteiger partial charge in [0.25, 0.3) is 0 Å². The van der Waals surface area contributed by atoms with Crippen molar-refractivity contribution in [3.63, 3.8) is 0 Å². The summed E-state index contributed by atoms with van der Waals surface area (Å²) in [5.41, 5.74) is 4.40. The molecule has 2 fully saturated rings. The van der Waals surface area contributed by atoms with Crippen LogP contribution in [0.25, 0.3) is 11.1 Å². The molecule has 2 amide bonds. The lowest BCUT2D eigenvalue weighted by Gasteiger charge is -2.41. The number of rotatable bonds is 6. The number of benzene rings is 2. The van der Waals surface area contributed by atoms with Crippen molar-refractivity contribution in [2.75, 3.05) is 19.6 Å². The fraction of sp³-hybridized carbons (Fsp3) is 0.481. The van der Waals surface area contributed by atoms with Crippen molar-refractivity contribution >= 4 is 11.8 Å². The molecule has 0 radical (unpaired) electrons. The van der Waals surface area contributed by atoms with Crippen molar-refractivity contribution in [1.29, 1.82) is 0 Å². The highest BCUT2D eigenvalue weighted by molar-refractivity contribution is 5.85. The van der Waals surface area contributed by atoms with E-state index in [-0.39, 0.29) is 11.8 Å². The number of hydrogen-bond acceptors (Lipinski definition) is 2. The van der Waals surface area contributed by atoms with Gasteiger partial charge in [-0.15, -0.1) is 0 Å². The molecule has 0 spiro atoms. The van der Waals surface area contributed by atoms with Crippen LogP contribution in [0.1, 0.15) is 44.2 Å². The maximum absolute atomic E-state index is 13.2. The second-order valence-electron chi connectivity index (χ2n) is 9.48. The summed E-state index contributed by atoms with van der Waals surface area (Å²) in [7, 11) is 0. The molecule has 1 aliphatic carbocycles. The Kier molecular flexibility index (Phi) is 6.17. The molecule has 2 aromatic carbocycles. The van der Waals surface area contributed by atoms with Crippen LogP contribution in [0.4, 0.5) is 0 Å². The Balaban J connectivity index is 1.54. The van der Waals surface area contributed by atoms with Gasteiger partial charge in [0.15, 0.2) is 0 Å². The lowest BCUT2D eigenvalue weighted by atomic mass is 9.72. The minimum Gasteiger partial charge on any atom is -0.356 e. The molecule has 164 valence electrons. The van der Waals surface area contributed by atoms with E-state index in [0.717, 1.165) is 19.3 Å². The highest BCUT2D eigenvalue weighted by atomic mass is 16.2. The minimum atomic E-state index is -0.452. The van der Waals surface area contributed by atoms with Gasteiger partial charge in [0, 0.05) is 25.6 Å². The summed E-state index contributed by atoms with van der Waals surface area (Å²) in [5.74, 6) is 1.15. The van der Waals surface area contributed by atoms with Gasteiger partial charge in [0.05, 0.1) is 5.41 Å². The van der Waals surface area contributed by atoms with E-state index < -0.39 is 5.41 Å². The molecule has 2 aliphatic rings. The summed E-state index contributed by atoms with van der Waals surface area (Å²) < 4.78 is 0.